The van der Waals surface area contributed by atoms with Gasteiger partial charge in [-0.2, -0.15) is 5.12 Å². The monoisotopic (exact) mass is 125 g/mol. The Labute approximate surface area is 54.6 Å². The van der Waals surface area contributed by atoms with E-state index in [1.807, 2.05) is 24.3 Å². The van der Waals surface area contributed by atoms with Crippen molar-refractivity contribution < 1.29 is 0 Å². The van der Waals surface area contributed by atoms with Crippen molar-refractivity contribution in [3.63, 3.8) is 0 Å². The standard InChI is InChI=1S/C6H11N3/c7-9(8)6-4-2-1-3-5-6/h1-4,6H,5,7-8H2/t6-/m1/s1. The Bertz CT molecular complexity index is 137. The quantitative estimate of drug-likeness (QED) is 0.380. The molecule has 0 heterocycles. The van der Waals surface area contributed by atoms with Crippen molar-refractivity contribution in [1.82, 2.24) is 5.12 Å². The van der Waals surface area contributed by atoms with E-state index in [4.69, 9.17) is 11.7 Å². The molecule has 4 N–H and O–H groups in total. The molecule has 1 aliphatic carbocycles. The first-order valence-corrected chi connectivity index (χ1v) is 2.92. The molecule has 0 fully saturated rings. The first kappa shape index (κ1) is 6.48. The molecule has 0 radical (unpaired) electrons. The number of hydrazine groups is 2. The molecule has 0 aromatic heterocycles. The van der Waals surface area contributed by atoms with Gasteiger partial charge in [0.25, 0.3) is 0 Å². The summed E-state index contributed by atoms with van der Waals surface area (Å²) >= 11 is 0. The Hall–Kier alpha value is -0.640. The number of nitrogens with zero attached hydrogens (tertiary/aromatic N) is 1. The van der Waals surface area contributed by atoms with Crippen molar-refractivity contribution in [2.45, 2.75) is 12.5 Å². The first-order chi connectivity index (χ1) is 4.30. The van der Waals surface area contributed by atoms with Gasteiger partial charge in [-0.05, 0) is 6.42 Å². The molecule has 1 aliphatic rings. The molecule has 0 saturated heterocycles. The van der Waals surface area contributed by atoms with E-state index in [-0.39, 0.29) is 6.04 Å². The maximum absolute atomic E-state index is 5.29. The van der Waals surface area contributed by atoms with Crippen LogP contribution in [0.15, 0.2) is 24.3 Å². The lowest BCUT2D eigenvalue weighted by Gasteiger charge is -2.19. The van der Waals surface area contributed by atoms with Crippen LogP contribution in [0.25, 0.3) is 0 Å². The van der Waals surface area contributed by atoms with Gasteiger partial charge >= 0.3 is 0 Å². The number of hydrogen-bond acceptors (Lipinski definition) is 3. The molecular weight excluding hydrogens is 114 g/mol. The minimum atomic E-state index is 0.176. The van der Waals surface area contributed by atoms with Crippen LogP contribution in [0.5, 0.6) is 0 Å². The van der Waals surface area contributed by atoms with Crippen LogP contribution >= 0.6 is 0 Å². The first-order valence-electron chi connectivity index (χ1n) is 2.92. The smallest absolute Gasteiger partial charge is 0.0612 e. The summed E-state index contributed by atoms with van der Waals surface area (Å²) in [7, 11) is 0. The molecule has 0 unspecified atom stereocenters. The van der Waals surface area contributed by atoms with Crippen molar-refractivity contribution in [1.29, 1.82) is 0 Å². The summed E-state index contributed by atoms with van der Waals surface area (Å²) in [5, 5.41) is 1.22. The second-order valence-electron chi connectivity index (χ2n) is 2.06. The van der Waals surface area contributed by atoms with Gasteiger partial charge in [0, 0.05) is 0 Å². The zero-order valence-electron chi connectivity index (χ0n) is 5.20. The van der Waals surface area contributed by atoms with Crippen molar-refractivity contribution in [2.24, 2.45) is 11.7 Å². The minimum absolute atomic E-state index is 0.176. The molecule has 9 heavy (non-hydrogen) atoms. The van der Waals surface area contributed by atoms with Crippen molar-refractivity contribution >= 4 is 0 Å². The van der Waals surface area contributed by atoms with Crippen LogP contribution in [0.4, 0.5) is 0 Å². The molecule has 1 rings (SSSR count). The Morgan fingerprint density at radius 2 is 2.11 bits per heavy atom. The lowest BCUT2D eigenvalue weighted by molar-refractivity contribution is 0.243. The second-order valence-corrected chi connectivity index (χ2v) is 2.06. The maximum atomic E-state index is 5.29. The molecule has 3 heteroatoms. The fraction of sp³-hybridized carbons (Fsp3) is 0.333. The summed E-state index contributed by atoms with van der Waals surface area (Å²) < 4.78 is 0. The largest absolute Gasteiger partial charge is 0.255 e. The molecule has 1 atom stereocenters. The molecule has 0 saturated carbocycles. The van der Waals surface area contributed by atoms with Crippen LogP contribution < -0.4 is 11.7 Å². The second kappa shape index (κ2) is 2.77. The van der Waals surface area contributed by atoms with E-state index in [9.17, 15) is 0 Å². The molecule has 0 bridgehead atoms. The van der Waals surface area contributed by atoms with Crippen molar-refractivity contribution in [3.05, 3.63) is 24.3 Å². The fourth-order valence-corrected chi connectivity index (χ4v) is 0.789. The van der Waals surface area contributed by atoms with E-state index in [0.29, 0.717) is 0 Å². The molecule has 0 aliphatic heterocycles. The summed E-state index contributed by atoms with van der Waals surface area (Å²) in [4.78, 5) is 0. The summed E-state index contributed by atoms with van der Waals surface area (Å²) in [6.45, 7) is 0. The van der Waals surface area contributed by atoms with Gasteiger partial charge in [-0.15, -0.1) is 0 Å². The van der Waals surface area contributed by atoms with Gasteiger partial charge in [0.2, 0.25) is 0 Å². The Morgan fingerprint density at radius 3 is 2.44 bits per heavy atom. The van der Waals surface area contributed by atoms with E-state index in [0.717, 1.165) is 6.42 Å². The highest BCUT2D eigenvalue weighted by molar-refractivity contribution is 5.12. The average molecular weight is 125 g/mol. The lowest BCUT2D eigenvalue weighted by Crippen LogP contribution is -2.45. The van der Waals surface area contributed by atoms with E-state index in [2.05, 4.69) is 0 Å². The van der Waals surface area contributed by atoms with Gasteiger partial charge in [0.1, 0.15) is 0 Å². The normalized spacial score (nSPS) is 25.4. The van der Waals surface area contributed by atoms with E-state index >= 15 is 0 Å². The summed E-state index contributed by atoms with van der Waals surface area (Å²) in [5.41, 5.74) is 0. The topological polar surface area (TPSA) is 55.3 Å². The molecule has 0 spiro atoms. The van der Waals surface area contributed by atoms with E-state index in [1.165, 1.54) is 5.12 Å². The molecular formula is C6H11N3. The summed E-state index contributed by atoms with van der Waals surface area (Å²) in [6.07, 6.45) is 8.85. The molecule has 3 nitrogen and oxygen atoms in total. The van der Waals surface area contributed by atoms with E-state index in [1.54, 1.807) is 0 Å². The van der Waals surface area contributed by atoms with Gasteiger partial charge in [-0.3, -0.25) is 11.7 Å². The third-order valence-corrected chi connectivity index (χ3v) is 1.34. The molecule has 0 amide bonds. The van der Waals surface area contributed by atoms with Crippen LogP contribution in [0.2, 0.25) is 0 Å². The van der Waals surface area contributed by atoms with Gasteiger partial charge < -0.3 is 0 Å². The van der Waals surface area contributed by atoms with Gasteiger partial charge in [-0.25, -0.2) is 0 Å². The van der Waals surface area contributed by atoms with Crippen molar-refractivity contribution in [2.75, 3.05) is 0 Å². The van der Waals surface area contributed by atoms with Crippen LogP contribution in [-0.2, 0) is 0 Å². The highest BCUT2D eigenvalue weighted by atomic mass is 15.6. The van der Waals surface area contributed by atoms with Crippen LogP contribution in [0.1, 0.15) is 6.42 Å². The third kappa shape index (κ3) is 1.64. The Kier molecular flexibility index (Phi) is 2.00. The Balaban J connectivity index is 2.46. The maximum Gasteiger partial charge on any atom is 0.0612 e. The van der Waals surface area contributed by atoms with Crippen LogP contribution in [-0.4, -0.2) is 11.2 Å². The summed E-state index contributed by atoms with van der Waals surface area (Å²) in [6, 6.07) is 0.176. The van der Waals surface area contributed by atoms with E-state index < -0.39 is 0 Å². The minimum Gasteiger partial charge on any atom is -0.255 e. The third-order valence-electron chi connectivity index (χ3n) is 1.34. The number of nitrogens with two attached hydrogens (primary N) is 2. The average Bonchev–Trinajstić information content (AvgIpc) is 1.90. The van der Waals surface area contributed by atoms with Crippen LogP contribution in [0, 0.1) is 0 Å². The predicted molar refractivity (Wildman–Crippen MR) is 36.9 cm³/mol. The van der Waals surface area contributed by atoms with Gasteiger partial charge in [0.15, 0.2) is 0 Å². The molecule has 0 aromatic carbocycles. The number of allylic oxidation sites excluding steroid dienone is 2. The Morgan fingerprint density at radius 1 is 1.33 bits per heavy atom. The van der Waals surface area contributed by atoms with Crippen LogP contribution in [0.3, 0.4) is 0 Å². The number of rotatable bonds is 1. The fourth-order valence-electron chi connectivity index (χ4n) is 0.789. The lowest BCUT2D eigenvalue weighted by atomic mass is 10.1. The van der Waals surface area contributed by atoms with Gasteiger partial charge in [0.05, 0.1) is 6.04 Å². The number of hydrogen-bond donors (Lipinski definition) is 2. The zero-order valence-corrected chi connectivity index (χ0v) is 5.20. The van der Waals surface area contributed by atoms with Crippen molar-refractivity contribution in [3.8, 4) is 0 Å². The van der Waals surface area contributed by atoms with Gasteiger partial charge in [-0.1, -0.05) is 24.3 Å². The molecule has 50 valence electrons. The summed E-state index contributed by atoms with van der Waals surface area (Å²) in [5.74, 6) is 10.6. The highest BCUT2D eigenvalue weighted by Gasteiger charge is 2.06. The molecule has 0 aromatic rings. The zero-order chi connectivity index (χ0) is 6.69. The highest BCUT2D eigenvalue weighted by Crippen LogP contribution is 2.04. The SMILES string of the molecule is NN(N)[C@@H]1C=CC=CC1. The predicted octanol–water partition coefficient (Wildman–Crippen LogP) is -0.0795.